The van der Waals surface area contributed by atoms with E-state index in [-0.39, 0.29) is 5.96 Å². The number of ether oxygens (including phenoxy) is 1. The van der Waals surface area contributed by atoms with Crippen LogP contribution in [0.25, 0.3) is 0 Å². The molecule has 0 fully saturated rings. The number of nitrogens with two attached hydrogens (primary N) is 1. The van der Waals surface area contributed by atoms with Crippen molar-refractivity contribution in [2.75, 3.05) is 5.32 Å². The molecular formula is C22H23N5O. The molecular weight excluding hydrogens is 350 g/mol. The Hall–Kier alpha value is -3.67. The lowest BCUT2D eigenvalue weighted by Crippen LogP contribution is -2.10. The molecule has 0 spiro atoms. The summed E-state index contributed by atoms with van der Waals surface area (Å²) in [5.41, 5.74) is 8.75. The summed E-state index contributed by atoms with van der Waals surface area (Å²) in [5.74, 6) is 2.31. The third kappa shape index (κ3) is 5.17. The molecule has 142 valence electrons. The second kappa shape index (κ2) is 9.32. The molecule has 28 heavy (non-hydrogen) atoms. The van der Waals surface area contributed by atoms with Gasteiger partial charge in [-0.1, -0.05) is 19.1 Å². The van der Waals surface area contributed by atoms with Crippen LogP contribution in [0.2, 0.25) is 0 Å². The highest BCUT2D eigenvalue weighted by Crippen LogP contribution is 2.28. The molecule has 0 aromatic heterocycles. The van der Waals surface area contributed by atoms with E-state index in [1.165, 1.54) is 0 Å². The molecule has 3 N–H and O–H groups in total. The van der Waals surface area contributed by atoms with Gasteiger partial charge in [-0.2, -0.15) is 4.99 Å². The highest BCUT2D eigenvalue weighted by molar-refractivity contribution is 5.83. The van der Waals surface area contributed by atoms with Crippen LogP contribution in [0.3, 0.4) is 0 Å². The van der Waals surface area contributed by atoms with Crippen LogP contribution >= 0.6 is 0 Å². The SMILES string of the molecule is C=N/C(N)=N\C(=C/CC)Nc1ccc(OC2=CC=CC3=CN=CC=C2C3)cc1. The first-order valence-corrected chi connectivity index (χ1v) is 9.04. The Morgan fingerprint density at radius 1 is 1.32 bits per heavy atom. The summed E-state index contributed by atoms with van der Waals surface area (Å²) >= 11 is 0. The molecule has 1 aromatic rings. The van der Waals surface area contributed by atoms with Crippen LogP contribution in [0, 0.1) is 0 Å². The number of aliphatic imine (C=N–C) groups is 3. The number of nitrogens with one attached hydrogen (secondary N) is 1. The minimum Gasteiger partial charge on any atom is -0.457 e. The van der Waals surface area contributed by atoms with Gasteiger partial charge in [-0.3, -0.25) is 4.99 Å². The molecule has 0 amide bonds. The zero-order valence-electron chi connectivity index (χ0n) is 15.8. The predicted molar refractivity (Wildman–Crippen MR) is 117 cm³/mol. The molecule has 1 heterocycles. The van der Waals surface area contributed by atoms with Crippen molar-refractivity contribution in [2.24, 2.45) is 20.7 Å². The summed E-state index contributed by atoms with van der Waals surface area (Å²) in [4.78, 5) is 12.0. The zero-order chi connectivity index (χ0) is 19.8. The fraction of sp³-hybridized carbons (Fsp3) is 0.136. The van der Waals surface area contributed by atoms with Gasteiger partial charge in [0.25, 0.3) is 0 Å². The van der Waals surface area contributed by atoms with Crippen LogP contribution in [0.5, 0.6) is 5.75 Å². The fourth-order valence-electron chi connectivity index (χ4n) is 2.69. The minimum atomic E-state index is 0.120. The van der Waals surface area contributed by atoms with Crippen molar-refractivity contribution in [3.05, 3.63) is 83.6 Å². The fourth-order valence-corrected chi connectivity index (χ4v) is 2.69. The van der Waals surface area contributed by atoms with E-state index in [0.717, 1.165) is 41.2 Å². The number of benzene rings is 1. The van der Waals surface area contributed by atoms with E-state index in [9.17, 15) is 0 Å². The minimum absolute atomic E-state index is 0.120. The number of hydrogen-bond acceptors (Lipinski definition) is 4. The van der Waals surface area contributed by atoms with Gasteiger partial charge in [-0.15, -0.1) is 0 Å². The third-order valence-corrected chi connectivity index (χ3v) is 4.02. The molecule has 0 atom stereocenters. The summed E-state index contributed by atoms with van der Waals surface area (Å²) in [6, 6.07) is 7.66. The van der Waals surface area contributed by atoms with Gasteiger partial charge in [0, 0.05) is 30.1 Å². The quantitative estimate of drug-likeness (QED) is 0.569. The normalized spacial score (nSPS) is 16.4. The molecule has 0 saturated carbocycles. The lowest BCUT2D eigenvalue weighted by Gasteiger charge is -2.13. The van der Waals surface area contributed by atoms with Crippen molar-refractivity contribution in [3.8, 4) is 5.75 Å². The second-order valence-electron chi connectivity index (χ2n) is 6.14. The molecule has 1 aliphatic heterocycles. The molecule has 6 heteroatoms. The molecule has 0 unspecified atom stereocenters. The van der Waals surface area contributed by atoms with Crippen molar-refractivity contribution < 1.29 is 4.74 Å². The predicted octanol–water partition coefficient (Wildman–Crippen LogP) is 4.48. The maximum absolute atomic E-state index is 6.11. The van der Waals surface area contributed by atoms with E-state index in [4.69, 9.17) is 10.5 Å². The van der Waals surface area contributed by atoms with Crippen LogP contribution in [0.15, 0.2) is 98.5 Å². The number of anilines is 1. The number of rotatable bonds is 6. The number of hydrogen-bond donors (Lipinski definition) is 2. The van der Waals surface area contributed by atoms with Crippen LogP contribution in [0.4, 0.5) is 5.69 Å². The lowest BCUT2D eigenvalue weighted by molar-refractivity contribution is 0.434. The highest BCUT2D eigenvalue weighted by atomic mass is 16.5. The summed E-state index contributed by atoms with van der Waals surface area (Å²) in [6.07, 6.45) is 15.2. The highest BCUT2D eigenvalue weighted by Gasteiger charge is 2.13. The van der Waals surface area contributed by atoms with E-state index in [1.54, 1.807) is 6.21 Å². The maximum Gasteiger partial charge on any atom is 0.221 e. The van der Waals surface area contributed by atoms with Crippen molar-refractivity contribution in [2.45, 2.75) is 19.8 Å². The molecule has 0 radical (unpaired) electrons. The first-order valence-electron chi connectivity index (χ1n) is 9.04. The molecule has 2 bridgehead atoms. The summed E-state index contributed by atoms with van der Waals surface area (Å²) in [6.45, 7) is 5.40. The molecule has 1 aromatic carbocycles. The number of guanidine groups is 1. The van der Waals surface area contributed by atoms with Gasteiger partial charge in [0.05, 0.1) is 0 Å². The van der Waals surface area contributed by atoms with Crippen molar-refractivity contribution in [3.63, 3.8) is 0 Å². The van der Waals surface area contributed by atoms with Gasteiger partial charge >= 0.3 is 0 Å². The largest absolute Gasteiger partial charge is 0.457 e. The first-order chi connectivity index (χ1) is 13.7. The smallest absolute Gasteiger partial charge is 0.221 e. The monoisotopic (exact) mass is 373 g/mol. The standard InChI is InChI=1S/C22H23N5O/c1-3-5-21(27-22(23)24-2)26-18-8-10-19(11-9-18)28-20-7-4-6-16-14-17(20)12-13-25-15-16/h4-13,15,26H,2-3,14H2,1H3,(H2,23,27)/b21-5-. The average Bonchev–Trinajstić information content (AvgIpc) is 3.05. The second-order valence-corrected chi connectivity index (χ2v) is 6.14. The maximum atomic E-state index is 6.11. The Labute approximate surface area is 165 Å². The van der Waals surface area contributed by atoms with Crippen LogP contribution < -0.4 is 15.8 Å². The van der Waals surface area contributed by atoms with Crippen molar-refractivity contribution in [1.29, 1.82) is 0 Å². The van der Waals surface area contributed by atoms with E-state index in [0.29, 0.717) is 5.82 Å². The summed E-state index contributed by atoms with van der Waals surface area (Å²) in [5, 5.41) is 3.22. The Balaban J connectivity index is 1.72. The van der Waals surface area contributed by atoms with E-state index in [1.807, 2.05) is 67.8 Å². The molecule has 2 aliphatic rings. The Morgan fingerprint density at radius 2 is 2.14 bits per heavy atom. The number of nitrogens with zero attached hydrogens (tertiary/aromatic N) is 3. The van der Waals surface area contributed by atoms with Gasteiger partial charge in [-0.25, -0.2) is 4.99 Å². The van der Waals surface area contributed by atoms with Gasteiger partial charge in [-0.05, 0) is 61.2 Å². The van der Waals surface area contributed by atoms with Gasteiger partial charge < -0.3 is 15.8 Å². The Bertz CT molecular complexity index is 944. The summed E-state index contributed by atoms with van der Waals surface area (Å²) in [7, 11) is 0. The van der Waals surface area contributed by atoms with E-state index >= 15 is 0 Å². The Kier molecular flexibility index (Phi) is 6.36. The van der Waals surface area contributed by atoms with Gasteiger partial charge in [0.2, 0.25) is 5.96 Å². The van der Waals surface area contributed by atoms with Crippen LogP contribution in [-0.2, 0) is 0 Å². The first kappa shape index (κ1) is 19.1. The van der Waals surface area contributed by atoms with Crippen LogP contribution in [-0.4, -0.2) is 18.9 Å². The van der Waals surface area contributed by atoms with Crippen molar-refractivity contribution >= 4 is 24.6 Å². The Morgan fingerprint density at radius 3 is 2.89 bits per heavy atom. The molecule has 6 nitrogen and oxygen atoms in total. The van der Waals surface area contributed by atoms with Crippen LogP contribution in [0.1, 0.15) is 19.8 Å². The average molecular weight is 373 g/mol. The zero-order valence-corrected chi connectivity index (χ0v) is 15.8. The van der Waals surface area contributed by atoms with E-state index < -0.39 is 0 Å². The van der Waals surface area contributed by atoms with Gasteiger partial charge in [0.1, 0.15) is 17.3 Å². The van der Waals surface area contributed by atoms with E-state index in [2.05, 4.69) is 27.0 Å². The van der Waals surface area contributed by atoms with Crippen molar-refractivity contribution in [1.82, 2.24) is 0 Å². The topological polar surface area (TPSA) is 84.4 Å². The molecule has 0 saturated heterocycles. The van der Waals surface area contributed by atoms with Gasteiger partial charge in [0.15, 0.2) is 0 Å². The number of allylic oxidation sites excluding steroid dienone is 7. The lowest BCUT2D eigenvalue weighted by atomic mass is 10.1. The summed E-state index contributed by atoms with van der Waals surface area (Å²) < 4.78 is 6.11. The molecule has 1 aliphatic carbocycles. The number of fused-ring (bicyclic) bond motifs is 2. The third-order valence-electron chi connectivity index (χ3n) is 4.02. The molecule has 3 rings (SSSR count).